The molecule has 1 atom stereocenters. The molecule has 2 rings (SSSR count). The molecule has 1 fully saturated rings. The highest BCUT2D eigenvalue weighted by Crippen LogP contribution is 2.07. The second-order valence-corrected chi connectivity index (χ2v) is 3.53. The number of carbonyl (C=O) groups excluding carboxylic acids is 1. The van der Waals surface area contributed by atoms with Gasteiger partial charge in [-0.3, -0.25) is 4.79 Å². The molecule has 0 aromatic heterocycles. The highest BCUT2D eigenvalue weighted by Gasteiger charge is 2.22. The molecule has 0 unspecified atom stereocenters. The Balaban J connectivity index is 1.95. The highest BCUT2D eigenvalue weighted by molar-refractivity contribution is 5.94. The van der Waals surface area contributed by atoms with Crippen molar-refractivity contribution in [2.24, 2.45) is 0 Å². The number of benzene rings is 1. The van der Waals surface area contributed by atoms with Gasteiger partial charge in [0.05, 0.1) is 12.7 Å². The van der Waals surface area contributed by atoms with Gasteiger partial charge in [0, 0.05) is 12.1 Å². The van der Waals surface area contributed by atoms with E-state index in [-0.39, 0.29) is 12.0 Å². The molecule has 1 aliphatic rings. The van der Waals surface area contributed by atoms with Crippen LogP contribution in [-0.4, -0.2) is 25.2 Å². The maximum absolute atomic E-state index is 11.6. The molecular formula is C11H13NO2. The lowest BCUT2D eigenvalue weighted by Gasteiger charge is -2.03. The lowest BCUT2D eigenvalue weighted by Crippen LogP contribution is -2.27. The average molecular weight is 191 g/mol. The zero-order valence-corrected chi connectivity index (χ0v) is 8.12. The molecule has 0 saturated carbocycles. The highest BCUT2D eigenvalue weighted by atomic mass is 16.6. The molecule has 74 valence electrons. The third kappa shape index (κ3) is 2.33. The molecule has 1 aromatic carbocycles. The van der Waals surface area contributed by atoms with Crippen LogP contribution in [0, 0.1) is 6.92 Å². The minimum absolute atomic E-state index is 0.0239. The van der Waals surface area contributed by atoms with Gasteiger partial charge in [0.15, 0.2) is 0 Å². The molecule has 0 bridgehead atoms. The summed E-state index contributed by atoms with van der Waals surface area (Å²) in [6.07, 6.45) is 0.240. The van der Waals surface area contributed by atoms with E-state index in [2.05, 4.69) is 5.32 Å². The number of carbonyl (C=O) groups is 1. The van der Waals surface area contributed by atoms with E-state index in [0.29, 0.717) is 12.1 Å². The van der Waals surface area contributed by atoms with Gasteiger partial charge in [-0.15, -0.1) is 0 Å². The fourth-order valence-electron chi connectivity index (χ4n) is 1.28. The first-order valence-corrected chi connectivity index (χ1v) is 4.72. The summed E-state index contributed by atoms with van der Waals surface area (Å²) in [7, 11) is 0. The predicted molar refractivity (Wildman–Crippen MR) is 53.3 cm³/mol. The average Bonchev–Trinajstić information content (AvgIpc) is 2.97. The molecule has 3 nitrogen and oxygen atoms in total. The van der Waals surface area contributed by atoms with E-state index in [1.807, 2.05) is 31.2 Å². The Morgan fingerprint density at radius 3 is 3.07 bits per heavy atom. The van der Waals surface area contributed by atoms with Crippen LogP contribution < -0.4 is 5.32 Å². The van der Waals surface area contributed by atoms with Crippen LogP contribution in [0.3, 0.4) is 0 Å². The van der Waals surface area contributed by atoms with Gasteiger partial charge in [-0.05, 0) is 19.1 Å². The Bertz CT molecular complexity index is 345. The van der Waals surface area contributed by atoms with E-state index in [1.165, 1.54) is 0 Å². The van der Waals surface area contributed by atoms with E-state index >= 15 is 0 Å². The molecule has 3 heteroatoms. The maximum Gasteiger partial charge on any atom is 0.251 e. The van der Waals surface area contributed by atoms with Gasteiger partial charge >= 0.3 is 0 Å². The smallest absolute Gasteiger partial charge is 0.251 e. The molecular weight excluding hydrogens is 178 g/mol. The van der Waals surface area contributed by atoms with Crippen LogP contribution in [0.15, 0.2) is 24.3 Å². The van der Waals surface area contributed by atoms with E-state index in [9.17, 15) is 4.79 Å². The summed E-state index contributed by atoms with van der Waals surface area (Å²) in [5.41, 5.74) is 1.81. The number of epoxide rings is 1. The zero-order valence-electron chi connectivity index (χ0n) is 8.12. The minimum Gasteiger partial charge on any atom is -0.371 e. The standard InChI is InChI=1S/C11H13NO2/c1-8-3-2-4-9(5-8)11(13)12-6-10-7-14-10/h2-5,10H,6-7H2,1H3,(H,12,13)/t10-/m1/s1. The normalized spacial score (nSPS) is 19.1. The van der Waals surface area contributed by atoms with Crippen LogP contribution in [0.2, 0.25) is 0 Å². The minimum atomic E-state index is -0.0239. The van der Waals surface area contributed by atoms with Crippen LogP contribution in [0.25, 0.3) is 0 Å². The van der Waals surface area contributed by atoms with Crippen LogP contribution in [-0.2, 0) is 4.74 Å². The summed E-state index contributed by atoms with van der Waals surface area (Å²) in [4.78, 5) is 11.6. The predicted octanol–water partition coefficient (Wildman–Crippen LogP) is 1.12. The van der Waals surface area contributed by atoms with Crippen LogP contribution in [0.4, 0.5) is 0 Å². The van der Waals surface area contributed by atoms with Crippen molar-refractivity contribution < 1.29 is 9.53 Å². The number of hydrogen-bond acceptors (Lipinski definition) is 2. The number of amides is 1. The fraction of sp³-hybridized carbons (Fsp3) is 0.364. The molecule has 14 heavy (non-hydrogen) atoms. The first-order chi connectivity index (χ1) is 6.75. The largest absolute Gasteiger partial charge is 0.371 e. The quantitative estimate of drug-likeness (QED) is 0.727. The molecule has 0 radical (unpaired) electrons. The summed E-state index contributed by atoms with van der Waals surface area (Å²) in [6.45, 7) is 3.36. The number of hydrogen-bond donors (Lipinski definition) is 1. The van der Waals surface area contributed by atoms with Gasteiger partial charge in [-0.1, -0.05) is 17.7 Å². The van der Waals surface area contributed by atoms with Gasteiger partial charge in [0.1, 0.15) is 0 Å². The van der Waals surface area contributed by atoms with Crippen molar-refractivity contribution in [1.29, 1.82) is 0 Å². The molecule has 0 aliphatic carbocycles. The van der Waals surface area contributed by atoms with Crippen molar-refractivity contribution >= 4 is 5.91 Å². The van der Waals surface area contributed by atoms with E-state index in [1.54, 1.807) is 0 Å². The Labute approximate surface area is 83.1 Å². The maximum atomic E-state index is 11.6. The van der Waals surface area contributed by atoms with Crippen LogP contribution >= 0.6 is 0 Å². The van der Waals surface area contributed by atoms with Gasteiger partial charge < -0.3 is 10.1 Å². The van der Waals surface area contributed by atoms with Gasteiger partial charge in [-0.25, -0.2) is 0 Å². The molecule has 1 saturated heterocycles. The summed E-state index contributed by atoms with van der Waals surface area (Å²) >= 11 is 0. The second kappa shape index (κ2) is 3.80. The monoisotopic (exact) mass is 191 g/mol. The second-order valence-electron chi connectivity index (χ2n) is 3.53. The Morgan fingerprint density at radius 2 is 2.43 bits per heavy atom. The third-order valence-electron chi connectivity index (χ3n) is 2.17. The zero-order chi connectivity index (χ0) is 9.97. The lowest BCUT2D eigenvalue weighted by molar-refractivity contribution is 0.0950. The summed E-state index contributed by atoms with van der Waals surface area (Å²) in [6, 6.07) is 7.55. The van der Waals surface area contributed by atoms with Gasteiger partial charge in [-0.2, -0.15) is 0 Å². The first-order valence-electron chi connectivity index (χ1n) is 4.72. The number of rotatable bonds is 3. The van der Waals surface area contributed by atoms with Crippen molar-refractivity contribution in [2.75, 3.05) is 13.2 Å². The fourth-order valence-corrected chi connectivity index (χ4v) is 1.28. The van der Waals surface area contributed by atoms with E-state index < -0.39 is 0 Å². The van der Waals surface area contributed by atoms with Crippen molar-refractivity contribution in [3.05, 3.63) is 35.4 Å². The molecule has 1 N–H and O–H groups in total. The summed E-state index contributed by atoms with van der Waals surface area (Å²) in [5, 5.41) is 2.82. The van der Waals surface area contributed by atoms with Crippen molar-refractivity contribution in [3.8, 4) is 0 Å². The lowest BCUT2D eigenvalue weighted by atomic mass is 10.1. The van der Waals surface area contributed by atoms with Crippen LogP contribution in [0.5, 0.6) is 0 Å². The molecule has 1 amide bonds. The van der Waals surface area contributed by atoms with E-state index in [0.717, 1.165) is 12.2 Å². The van der Waals surface area contributed by atoms with Crippen molar-refractivity contribution in [3.63, 3.8) is 0 Å². The topological polar surface area (TPSA) is 41.6 Å². The Hall–Kier alpha value is -1.35. The number of aryl methyl sites for hydroxylation is 1. The molecule has 1 heterocycles. The Kier molecular flexibility index (Phi) is 2.50. The molecule has 1 aliphatic heterocycles. The Morgan fingerprint density at radius 1 is 1.64 bits per heavy atom. The SMILES string of the molecule is Cc1cccc(C(=O)NC[C@@H]2CO2)c1. The molecule has 0 spiro atoms. The van der Waals surface area contributed by atoms with Gasteiger partial charge in [0.2, 0.25) is 0 Å². The third-order valence-corrected chi connectivity index (χ3v) is 2.17. The summed E-state index contributed by atoms with van der Waals surface area (Å²) < 4.78 is 5.00. The van der Waals surface area contributed by atoms with Crippen molar-refractivity contribution in [1.82, 2.24) is 5.32 Å². The van der Waals surface area contributed by atoms with Crippen LogP contribution in [0.1, 0.15) is 15.9 Å². The van der Waals surface area contributed by atoms with E-state index in [4.69, 9.17) is 4.74 Å². The summed E-state index contributed by atoms with van der Waals surface area (Å²) in [5.74, 6) is -0.0239. The number of nitrogens with one attached hydrogen (secondary N) is 1. The van der Waals surface area contributed by atoms with Crippen molar-refractivity contribution in [2.45, 2.75) is 13.0 Å². The molecule has 1 aromatic rings. The number of ether oxygens (including phenoxy) is 1. The van der Waals surface area contributed by atoms with Gasteiger partial charge in [0.25, 0.3) is 5.91 Å². The first kappa shape index (κ1) is 9.21.